The topological polar surface area (TPSA) is 50.8 Å². The zero-order chi connectivity index (χ0) is 21.8. The molecule has 1 aromatic carbocycles. The van der Waals surface area contributed by atoms with Gasteiger partial charge in [0.2, 0.25) is 0 Å². The molecule has 1 amide bonds. The molecule has 4 aliphatic rings. The minimum absolute atomic E-state index is 0.0290. The Balaban J connectivity index is 1.55. The van der Waals surface area contributed by atoms with Crippen LogP contribution in [0.2, 0.25) is 0 Å². The fraction of sp³-hybridized carbons (Fsp3) is 0.680. The quantitative estimate of drug-likeness (QED) is 0.689. The fourth-order valence-corrected chi connectivity index (χ4v) is 6.74. The molecule has 3 fully saturated rings. The lowest BCUT2D eigenvalue weighted by molar-refractivity contribution is -0.139. The Labute approximate surface area is 190 Å². The monoisotopic (exact) mass is 442 g/mol. The molecule has 5 nitrogen and oxygen atoms in total. The largest absolute Gasteiger partial charge is 0.493 e. The summed E-state index contributed by atoms with van der Waals surface area (Å²) < 4.78 is 11.8. The normalized spacial score (nSPS) is 32.6. The SMILES string of the molecule is COC1CCC2(CC1)Cc1ccc(OCC3CCC3)cc1C21NC(=S)N(C(C)C)C1=O. The van der Waals surface area contributed by atoms with E-state index < -0.39 is 5.54 Å². The van der Waals surface area contributed by atoms with E-state index in [9.17, 15) is 4.79 Å². The number of thiocarbonyl (C=S) groups is 1. The lowest BCUT2D eigenvalue weighted by atomic mass is 9.61. The summed E-state index contributed by atoms with van der Waals surface area (Å²) in [6, 6.07) is 6.42. The molecule has 1 aromatic rings. The van der Waals surface area contributed by atoms with Gasteiger partial charge in [0.05, 0.1) is 12.7 Å². The first-order valence-electron chi connectivity index (χ1n) is 11.8. The van der Waals surface area contributed by atoms with Crippen LogP contribution in [0.3, 0.4) is 0 Å². The first-order valence-corrected chi connectivity index (χ1v) is 12.3. The van der Waals surface area contributed by atoms with Crippen molar-refractivity contribution in [3.63, 3.8) is 0 Å². The Kier molecular flexibility index (Phi) is 5.29. The van der Waals surface area contributed by atoms with Gasteiger partial charge in [-0.3, -0.25) is 9.69 Å². The Bertz CT molecular complexity index is 889. The van der Waals surface area contributed by atoms with E-state index in [0.717, 1.165) is 50.0 Å². The zero-order valence-corrected chi connectivity index (χ0v) is 19.7. The van der Waals surface area contributed by atoms with Gasteiger partial charge < -0.3 is 14.8 Å². The molecule has 1 saturated heterocycles. The number of hydrogen-bond donors (Lipinski definition) is 1. The van der Waals surface area contributed by atoms with Crippen LogP contribution in [0.25, 0.3) is 0 Å². The summed E-state index contributed by atoms with van der Waals surface area (Å²) in [6.45, 7) is 4.84. The van der Waals surface area contributed by atoms with Gasteiger partial charge in [0.25, 0.3) is 5.91 Å². The van der Waals surface area contributed by atoms with E-state index in [4.69, 9.17) is 21.7 Å². The number of nitrogens with zero attached hydrogens (tertiary/aromatic N) is 1. The number of carbonyl (C=O) groups is 1. The third-order valence-electron chi connectivity index (χ3n) is 8.31. The standard InChI is InChI=1S/C25H34N2O3S/c1-16(2)27-22(28)25(26-23(27)31)21-13-20(30-15-17-5-4-6-17)8-7-18(21)14-24(25)11-9-19(29-3)10-12-24/h7-8,13,16-17,19H,4-6,9-12,14-15H2,1-3H3,(H,26,31). The lowest BCUT2D eigenvalue weighted by Crippen LogP contribution is -2.57. The summed E-state index contributed by atoms with van der Waals surface area (Å²) in [5, 5.41) is 4.14. The van der Waals surface area contributed by atoms with Gasteiger partial charge in [-0.2, -0.15) is 0 Å². The van der Waals surface area contributed by atoms with Crippen molar-refractivity contribution in [1.29, 1.82) is 0 Å². The summed E-state index contributed by atoms with van der Waals surface area (Å²) in [5.41, 5.74) is 1.35. The molecule has 2 saturated carbocycles. The molecule has 168 valence electrons. The second-order valence-electron chi connectivity index (χ2n) is 10.3. The van der Waals surface area contributed by atoms with Crippen molar-refractivity contribution in [1.82, 2.24) is 10.2 Å². The van der Waals surface area contributed by atoms with E-state index in [2.05, 4.69) is 23.5 Å². The molecule has 0 radical (unpaired) electrons. The molecule has 0 aromatic heterocycles. The Morgan fingerprint density at radius 1 is 1.23 bits per heavy atom. The number of amides is 1. The fourth-order valence-electron chi connectivity index (χ4n) is 6.29. The van der Waals surface area contributed by atoms with Crippen LogP contribution in [0.1, 0.15) is 69.9 Å². The number of fused-ring (bicyclic) bond motifs is 3. The van der Waals surface area contributed by atoms with Crippen LogP contribution in [0, 0.1) is 11.3 Å². The molecule has 1 atom stereocenters. The Hall–Kier alpha value is -1.66. The number of benzene rings is 1. The number of rotatable bonds is 5. The van der Waals surface area contributed by atoms with Gasteiger partial charge in [-0.15, -0.1) is 0 Å². The molecule has 31 heavy (non-hydrogen) atoms. The average Bonchev–Trinajstić information content (AvgIpc) is 3.13. The molecule has 1 aliphatic heterocycles. The van der Waals surface area contributed by atoms with E-state index in [1.807, 2.05) is 13.8 Å². The smallest absolute Gasteiger partial charge is 0.259 e. The molecule has 5 rings (SSSR count). The van der Waals surface area contributed by atoms with E-state index in [0.29, 0.717) is 11.0 Å². The molecule has 6 heteroatoms. The second kappa shape index (κ2) is 7.73. The van der Waals surface area contributed by atoms with Crippen LogP contribution in [0.5, 0.6) is 5.75 Å². The average molecular weight is 443 g/mol. The number of carbonyl (C=O) groups excluding carboxylic acids is 1. The van der Waals surface area contributed by atoms with Gasteiger partial charge in [-0.25, -0.2) is 0 Å². The van der Waals surface area contributed by atoms with Crippen molar-refractivity contribution in [2.45, 2.75) is 82.9 Å². The summed E-state index contributed by atoms with van der Waals surface area (Å²) >= 11 is 5.71. The Morgan fingerprint density at radius 2 is 1.97 bits per heavy atom. The van der Waals surface area contributed by atoms with Gasteiger partial charge in [0.1, 0.15) is 5.75 Å². The van der Waals surface area contributed by atoms with E-state index in [1.54, 1.807) is 12.0 Å². The van der Waals surface area contributed by atoms with Crippen molar-refractivity contribution < 1.29 is 14.3 Å². The van der Waals surface area contributed by atoms with Crippen LogP contribution < -0.4 is 10.1 Å². The van der Waals surface area contributed by atoms with E-state index in [1.165, 1.54) is 24.8 Å². The third-order valence-corrected chi connectivity index (χ3v) is 8.61. The second-order valence-corrected chi connectivity index (χ2v) is 10.7. The zero-order valence-electron chi connectivity index (χ0n) is 18.9. The van der Waals surface area contributed by atoms with Gasteiger partial charge in [-0.05, 0) is 100 Å². The van der Waals surface area contributed by atoms with Crippen molar-refractivity contribution in [2.75, 3.05) is 13.7 Å². The van der Waals surface area contributed by atoms with Crippen LogP contribution in [0.4, 0.5) is 0 Å². The summed E-state index contributed by atoms with van der Waals surface area (Å²) in [7, 11) is 1.79. The van der Waals surface area contributed by atoms with Crippen LogP contribution in [-0.2, 0) is 21.5 Å². The predicted molar refractivity (Wildman–Crippen MR) is 124 cm³/mol. The van der Waals surface area contributed by atoms with E-state index in [-0.39, 0.29) is 23.5 Å². The first-order chi connectivity index (χ1) is 14.9. The van der Waals surface area contributed by atoms with Crippen molar-refractivity contribution >= 4 is 23.2 Å². The molecule has 1 heterocycles. The number of ether oxygens (including phenoxy) is 2. The molecule has 3 aliphatic carbocycles. The molecule has 2 spiro atoms. The molecule has 1 N–H and O–H groups in total. The summed E-state index contributed by atoms with van der Waals surface area (Å²) in [4.78, 5) is 15.9. The molecule has 0 bridgehead atoms. The summed E-state index contributed by atoms with van der Waals surface area (Å²) in [5.74, 6) is 1.66. The van der Waals surface area contributed by atoms with E-state index >= 15 is 0 Å². The predicted octanol–water partition coefficient (Wildman–Crippen LogP) is 4.32. The first kappa shape index (κ1) is 21.2. The maximum Gasteiger partial charge on any atom is 0.259 e. The van der Waals surface area contributed by atoms with Crippen molar-refractivity contribution in [2.24, 2.45) is 11.3 Å². The van der Waals surface area contributed by atoms with Gasteiger partial charge in [0, 0.05) is 18.6 Å². The van der Waals surface area contributed by atoms with Crippen molar-refractivity contribution in [3.8, 4) is 5.75 Å². The Morgan fingerprint density at radius 3 is 2.55 bits per heavy atom. The summed E-state index contributed by atoms with van der Waals surface area (Å²) in [6.07, 6.45) is 8.85. The minimum Gasteiger partial charge on any atom is -0.493 e. The highest BCUT2D eigenvalue weighted by atomic mass is 32.1. The van der Waals surface area contributed by atoms with Crippen LogP contribution in [-0.4, -0.2) is 41.8 Å². The third kappa shape index (κ3) is 3.12. The lowest BCUT2D eigenvalue weighted by Gasteiger charge is -2.46. The number of hydrogen-bond acceptors (Lipinski definition) is 4. The van der Waals surface area contributed by atoms with Gasteiger partial charge in [0.15, 0.2) is 10.7 Å². The van der Waals surface area contributed by atoms with Crippen LogP contribution in [0.15, 0.2) is 18.2 Å². The molecular weight excluding hydrogens is 408 g/mol. The number of nitrogens with one attached hydrogen (secondary N) is 1. The minimum atomic E-state index is -0.793. The van der Waals surface area contributed by atoms with Gasteiger partial charge in [-0.1, -0.05) is 12.5 Å². The number of methoxy groups -OCH3 is 1. The highest BCUT2D eigenvalue weighted by molar-refractivity contribution is 7.80. The molecule has 1 unspecified atom stereocenters. The van der Waals surface area contributed by atoms with Crippen LogP contribution >= 0.6 is 12.2 Å². The van der Waals surface area contributed by atoms with Gasteiger partial charge >= 0.3 is 0 Å². The highest BCUT2D eigenvalue weighted by Crippen LogP contribution is 2.60. The highest BCUT2D eigenvalue weighted by Gasteiger charge is 2.67. The van der Waals surface area contributed by atoms with Crippen molar-refractivity contribution in [3.05, 3.63) is 29.3 Å². The maximum absolute atomic E-state index is 14.1. The maximum atomic E-state index is 14.1. The molecular formula is C25H34N2O3S.